The summed E-state index contributed by atoms with van der Waals surface area (Å²) in [6.07, 6.45) is -7.81. The van der Waals surface area contributed by atoms with Crippen molar-refractivity contribution in [2.75, 3.05) is 13.7 Å². The van der Waals surface area contributed by atoms with E-state index in [1.165, 1.54) is 7.11 Å². The first kappa shape index (κ1) is 38.4. The van der Waals surface area contributed by atoms with E-state index in [2.05, 4.69) is 22.6 Å². The third kappa shape index (κ3) is 6.69. The van der Waals surface area contributed by atoms with Crippen LogP contribution in [-0.4, -0.2) is 73.3 Å². The second-order valence-corrected chi connectivity index (χ2v) is 7.28. The normalized spacial score (nSPS) is 14.2. The minimum atomic E-state index is -8.70. The van der Waals surface area contributed by atoms with Gasteiger partial charge in [0.05, 0.1) is 7.11 Å². The third-order valence-electron chi connectivity index (χ3n) is 4.05. The summed E-state index contributed by atoms with van der Waals surface area (Å²) in [7, 11) is 1.33. The molecule has 0 heterocycles. The first-order valence-electron chi connectivity index (χ1n) is 9.04. The Morgan fingerprint density at radius 2 is 0.821 bits per heavy atom. The Kier molecular flexibility index (Phi) is 11.2. The van der Waals surface area contributed by atoms with Gasteiger partial charge in [-0.3, -0.25) is 0 Å². The highest BCUT2D eigenvalue weighted by Gasteiger charge is 2.95. The summed E-state index contributed by atoms with van der Waals surface area (Å²) in [6, 6.07) is 0. The molecule has 39 heavy (non-hydrogen) atoms. The summed E-state index contributed by atoms with van der Waals surface area (Å²) in [5.41, 5.74) is -0.440. The van der Waals surface area contributed by atoms with Gasteiger partial charge < -0.3 is 9.47 Å². The van der Waals surface area contributed by atoms with Gasteiger partial charge in [0.15, 0.2) is 6.61 Å². The first-order chi connectivity index (χ1) is 16.8. The Balaban J connectivity index is 0. The molecule has 0 aromatic rings. The number of hydrogen-bond acceptors (Lipinski definition) is 4. The molecule has 0 spiro atoms. The zero-order valence-corrected chi connectivity index (χ0v) is 19.2. The number of halogens is 17. The molecule has 230 valence electrons. The van der Waals surface area contributed by atoms with E-state index in [1.807, 2.05) is 0 Å². The molecule has 0 unspecified atom stereocenters. The Labute approximate surface area is 206 Å². The Bertz CT molecular complexity index is 934. The molecule has 0 saturated heterocycles. The second kappa shape index (κ2) is 11.4. The van der Waals surface area contributed by atoms with Gasteiger partial charge in [-0.25, -0.2) is 9.59 Å². The standard InChI is InChI=1S/C13H7F17O2.C5H8O2/c1-4(2)5(31)32-3-6(14,15)7(16,17)8(18,19)9(20,21)10(22,23)11(24,25)12(26,27)13(28,29)30;1-4(2)5(6)7-3/h1,3H2,2H3;1H2,2-3H3. The molecule has 0 aromatic heterocycles. The van der Waals surface area contributed by atoms with Gasteiger partial charge in [0.25, 0.3) is 0 Å². The van der Waals surface area contributed by atoms with Crippen LogP contribution in [0.5, 0.6) is 0 Å². The van der Waals surface area contributed by atoms with Gasteiger partial charge in [0.2, 0.25) is 0 Å². The van der Waals surface area contributed by atoms with E-state index >= 15 is 0 Å². The monoisotopic (exact) mass is 618 g/mol. The molecule has 0 aliphatic heterocycles. The van der Waals surface area contributed by atoms with Crippen LogP contribution in [0, 0.1) is 0 Å². The van der Waals surface area contributed by atoms with Crippen molar-refractivity contribution in [2.24, 2.45) is 0 Å². The van der Waals surface area contributed by atoms with E-state index in [1.54, 1.807) is 6.92 Å². The van der Waals surface area contributed by atoms with Gasteiger partial charge in [0.1, 0.15) is 0 Å². The van der Waals surface area contributed by atoms with Crippen molar-refractivity contribution in [1.29, 1.82) is 0 Å². The largest absolute Gasteiger partial charge is 0.466 e. The molecule has 0 aliphatic rings. The maximum atomic E-state index is 13.4. The molecule has 21 heteroatoms. The molecule has 0 atom stereocenters. The zero-order chi connectivity index (χ0) is 32.4. The quantitative estimate of drug-likeness (QED) is 0.153. The fraction of sp³-hybridized carbons (Fsp3) is 0.667. The fourth-order valence-electron chi connectivity index (χ4n) is 1.74. The molecule has 0 rings (SSSR count). The van der Waals surface area contributed by atoms with E-state index in [4.69, 9.17) is 0 Å². The number of carbonyl (C=O) groups excluding carboxylic acids is 2. The number of hydrogen-bond donors (Lipinski definition) is 0. The zero-order valence-electron chi connectivity index (χ0n) is 19.2. The molecular weight excluding hydrogens is 603 g/mol. The molecule has 0 bridgehead atoms. The highest BCUT2D eigenvalue weighted by Crippen LogP contribution is 2.63. The summed E-state index contributed by atoms with van der Waals surface area (Å²) in [5, 5.41) is 0. The van der Waals surface area contributed by atoms with Crippen LogP contribution in [0.1, 0.15) is 13.8 Å². The Morgan fingerprint density at radius 1 is 0.538 bits per heavy atom. The lowest BCUT2D eigenvalue weighted by molar-refractivity contribution is -0.462. The number of carbonyl (C=O) groups is 2. The predicted molar refractivity (Wildman–Crippen MR) is 93.3 cm³/mol. The van der Waals surface area contributed by atoms with Crippen LogP contribution in [0.15, 0.2) is 24.3 Å². The Morgan fingerprint density at radius 3 is 1.05 bits per heavy atom. The molecule has 0 radical (unpaired) electrons. The van der Waals surface area contributed by atoms with E-state index in [9.17, 15) is 84.2 Å². The second-order valence-electron chi connectivity index (χ2n) is 7.28. The smallest absolute Gasteiger partial charge is 0.460 e. The summed E-state index contributed by atoms with van der Waals surface area (Å²) in [5.74, 6) is -59.6. The lowest BCUT2D eigenvalue weighted by atomic mass is 9.89. The van der Waals surface area contributed by atoms with Crippen LogP contribution in [0.2, 0.25) is 0 Å². The van der Waals surface area contributed by atoms with Gasteiger partial charge in [-0.15, -0.1) is 0 Å². The fourth-order valence-corrected chi connectivity index (χ4v) is 1.74. The van der Waals surface area contributed by atoms with Crippen LogP contribution in [0.3, 0.4) is 0 Å². The lowest BCUT2D eigenvalue weighted by Gasteiger charge is -2.42. The van der Waals surface area contributed by atoms with Crippen LogP contribution in [0.25, 0.3) is 0 Å². The summed E-state index contributed by atoms with van der Waals surface area (Å²) in [6.45, 7) is 5.02. The number of rotatable bonds is 10. The summed E-state index contributed by atoms with van der Waals surface area (Å²) >= 11 is 0. The number of ether oxygens (including phenoxy) is 2. The Hall–Kier alpha value is -2.77. The van der Waals surface area contributed by atoms with Gasteiger partial charge in [-0.2, -0.15) is 74.6 Å². The first-order valence-corrected chi connectivity index (χ1v) is 9.04. The molecule has 4 nitrogen and oxygen atoms in total. The maximum Gasteiger partial charge on any atom is 0.460 e. The van der Waals surface area contributed by atoms with Crippen LogP contribution >= 0.6 is 0 Å². The highest BCUT2D eigenvalue weighted by molar-refractivity contribution is 5.87. The average Bonchev–Trinajstić information content (AvgIpc) is 2.75. The van der Waals surface area contributed by atoms with Crippen molar-refractivity contribution in [2.45, 2.75) is 61.5 Å². The van der Waals surface area contributed by atoms with E-state index in [-0.39, 0.29) is 5.97 Å². The van der Waals surface area contributed by atoms with Crippen molar-refractivity contribution >= 4 is 11.9 Å². The van der Waals surface area contributed by atoms with Crippen molar-refractivity contribution in [3.8, 4) is 0 Å². The maximum absolute atomic E-state index is 13.4. The molecule has 0 aromatic carbocycles. The molecule has 0 saturated carbocycles. The predicted octanol–water partition coefficient (Wildman–Crippen LogP) is 6.85. The van der Waals surface area contributed by atoms with E-state index in [0.717, 1.165) is 0 Å². The van der Waals surface area contributed by atoms with Gasteiger partial charge in [0, 0.05) is 11.1 Å². The molecular formula is C18H15F17O4. The van der Waals surface area contributed by atoms with E-state index < -0.39 is 65.8 Å². The average molecular weight is 618 g/mol. The summed E-state index contributed by atoms with van der Waals surface area (Å²) < 4.78 is 228. The van der Waals surface area contributed by atoms with E-state index in [0.29, 0.717) is 12.5 Å². The van der Waals surface area contributed by atoms with Crippen molar-refractivity contribution in [3.63, 3.8) is 0 Å². The molecule has 0 N–H and O–H groups in total. The van der Waals surface area contributed by atoms with Crippen molar-refractivity contribution in [3.05, 3.63) is 24.3 Å². The topological polar surface area (TPSA) is 52.6 Å². The summed E-state index contributed by atoms with van der Waals surface area (Å²) in [4.78, 5) is 21.0. The SMILES string of the molecule is C=C(C)C(=O)OC.C=C(C)C(=O)OCC(F)(F)C(F)(F)C(F)(F)C(F)(F)C(F)(F)C(F)(F)C(F)(F)C(F)(F)F. The number of alkyl halides is 17. The lowest BCUT2D eigenvalue weighted by Crippen LogP contribution is -2.74. The minimum Gasteiger partial charge on any atom is -0.466 e. The van der Waals surface area contributed by atoms with Gasteiger partial charge in [-0.1, -0.05) is 13.2 Å². The van der Waals surface area contributed by atoms with Crippen molar-refractivity contribution in [1.82, 2.24) is 0 Å². The molecule has 0 aliphatic carbocycles. The molecule has 0 fully saturated rings. The van der Waals surface area contributed by atoms with Crippen molar-refractivity contribution < 1.29 is 93.7 Å². The minimum absolute atomic E-state index is 0.347. The van der Waals surface area contributed by atoms with Crippen LogP contribution in [0.4, 0.5) is 74.6 Å². The van der Waals surface area contributed by atoms with Gasteiger partial charge >= 0.3 is 59.6 Å². The van der Waals surface area contributed by atoms with Crippen LogP contribution < -0.4 is 0 Å². The highest BCUT2D eigenvalue weighted by atomic mass is 19.4. The third-order valence-corrected chi connectivity index (χ3v) is 4.05. The number of methoxy groups -OCH3 is 1. The number of esters is 2. The molecule has 0 amide bonds. The van der Waals surface area contributed by atoms with Gasteiger partial charge in [-0.05, 0) is 13.8 Å². The van der Waals surface area contributed by atoms with Crippen LogP contribution in [-0.2, 0) is 19.1 Å².